The lowest BCUT2D eigenvalue weighted by Gasteiger charge is -2.29. The van der Waals surface area contributed by atoms with E-state index in [9.17, 15) is 0 Å². The molecule has 1 aliphatic rings. The van der Waals surface area contributed by atoms with Gasteiger partial charge in [0.1, 0.15) is 5.75 Å². The highest BCUT2D eigenvalue weighted by Gasteiger charge is 2.19. The molecule has 0 heterocycles. The lowest BCUT2D eigenvalue weighted by atomic mass is 9.91. The lowest BCUT2D eigenvalue weighted by Crippen LogP contribution is -2.38. The van der Waals surface area contributed by atoms with E-state index in [4.69, 9.17) is 10.00 Å². The highest BCUT2D eigenvalue weighted by molar-refractivity contribution is 5.67. The van der Waals surface area contributed by atoms with E-state index in [1.165, 1.54) is 31.2 Å². The van der Waals surface area contributed by atoms with Gasteiger partial charge in [-0.2, -0.15) is 5.26 Å². The van der Waals surface area contributed by atoms with Gasteiger partial charge in [0.15, 0.2) is 0 Å². The van der Waals surface area contributed by atoms with Crippen molar-refractivity contribution in [3.05, 3.63) is 53.6 Å². The normalized spacial score (nSPS) is 19.4. The van der Waals surface area contributed by atoms with Crippen molar-refractivity contribution in [3.8, 4) is 22.9 Å². The SMILES string of the molecule is CCOc1ccc(-c2cccc(C#N)c2)cc1CNC1CCC(NC)CC1. The van der Waals surface area contributed by atoms with Gasteiger partial charge in [-0.3, -0.25) is 0 Å². The van der Waals surface area contributed by atoms with E-state index in [2.05, 4.69) is 35.9 Å². The lowest BCUT2D eigenvalue weighted by molar-refractivity contribution is 0.310. The first-order chi connectivity index (χ1) is 13.2. The number of hydrogen-bond donors (Lipinski definition) is 2. The molecule has 1 aliphatic carbocycles. The second kappa shape index (κ2) is 9.55. The van der Waals surface area contributed by atoms with Crippen molar-refractivity contribution >= 4 is 0 Å². The maximum atomic E-state index is 9.16. The molecule has 0 unspecified atom stereocenters. The first kappa shape index (κ1) is 19.4. The van der Waals surface area contributed by atoms with Crippen LogP contribution in [0.3, 0.4) is 0 Å². The van der Waals surface area contributed by atoms with Crippen molar-refractivity contribution in [2.75, 3.05) is 13.7 Å². The maximum absolute atomic E-state index is 9.16. The zero-order valence-electron chi connectivity index (χ0n) is 16.3. The molecular weight excluding hydrogens is 334 g/mol. The van der Waals surface area contributed by atoms with Crippen LogP contribution in [0, 0.1) is 11.3 Å². The zero-order valence-corrected chi connectivity index (χ0v) is 16.3. The molecule has 1 fully saturated rings. The first-order valence-corrected chi connectivity index (χ1v) is 9.90. The molecule has 27 heavy (non-hydrogen) atoms. The molecule has 2 aromatic carbocycles. The van der Waals surface area contributed by atoms with E-state index in [1.807, 2.05) is 37.3 Å². The van der Waals surface area contributed by atoms with Crippen molar-refractivity contribution in [3.63, 3.8) is 0 Å². The third-order valence-corrected chi connectivity index (χ3v) is 5.40. The Balaban J connectivity index is 1.75. The predicted octanol–water partition coefficient (Wildman–Crippen LogP) is 4.24. The topological polar surface area (TPSA) is 57.1 Å². The Hall–Kier alpha value is -2.35. The van der Waals surface area contributed by atoms with Gasteiger partial charge in [-0.05, 0) is 75.0 Å². The van der Waals surface area contributed by atoms with Crippen LogP contribution in [0.1, 0.15) is 43.7 Å². The maximum Gasteiger partial charge on any atom is 0.123 e. The molecule has 3 rings (SSSR count). The molecule has 2 N–H and O–H groups in total. The summed E-state index contributed by atoms with van der Waals surface area (Å²) in [6, 6.07) is 17.5. The quantitative estimate of drug-likeness (QED) is 0.772. The summed E-state index contributed by atoms with van der Waals surface area (Å²) in [5, 5.41) is 16.3. The Morgan fingerprint density at radius 1 is 1.04 bits per heavy atom. The predicted molar refractivity (Wildman–Crippen MR) is 110 cm³/mol. The molecule has 0 aromatic heterocycles. The van der Waals surface area contributed by atoms with Crippen LogP contribution in [0.25, 0.3) is 11.1 Å². The number of rotatable bonds is 7. The molecule has 0 saturated heterocycles. The minimum atomic E-state index is 0.564. The Morgan fingerprint density at radius 2 is 1.78 bits per heavy atom. The second-order valence-corrected chi connectivity index (χ2v) is 7.17. The summed E-state index contributed by atoms with van der Waals surface area (Å²) in [5.41, 5.74) is 4.04. The van der Waals surface area contributed by atoms with E-state index in [-0.39, 0.29) is 0 Å². The van der Waals surface area contributed by atoms with Crippen LogP contribution < -0.4 is 15.4 Å². The highest BCUT2D eigenvalue weighted by atomic mass is 16.5. The fourth-order valence-electron chi connectivity index (χ4n) is 3.80. The molecule has 0 bridgehead atoms. The number of nitrogens with one attached hydrogen (secondary N) is 2. The van der Waals surface area contributed by atoms with Crippen molar-refractivity contribution in [1.82, 2.24) is 10.6 Å². The van der Waals surface area contributed by atoms with Gasteiger partial charge in [0, 0.05) is 24.2 Å². The summed E-state index contributed by atoms with van der Waals surface area (Å²) in [6.45, 7) is 3.47. The van der Waals surface area contributed by atoms with Crippen LogP contribution in [-0.2, 0) is 6.54 Å². The third-order valence-electron chi connectivity index (χ3n) is 5.40. The molecule has 0 amide bonds. The largest absolute Gasteiger partial charge is 0.494 e. The summed E-state index contributed by atoms with van der Waals surface area (Å²) in [5.74, 6) is 0.939. The number of ether oxygens (including phenoxy) is 1. The summed E-state index contributed by atoms with van der Waals surface area (Å²) >= 11 is 0. The van der Waals surface area contributed by atoms with E-state index in [0.717, 1.165) is 23.4 Å². The summed E-state index contributed by atoms with van der Waals surface area (Å²) in [4.78, 5) is 0. The number of nitriles is 1. The number of nitrogens with zero attached hydrogens (tertiary/aromatic N) is 1. The molecule has 2 aromatic rings. The van der Waals surface area contributed by atoms with Crippen molar-refractivity contribution in [1.29, 1.82) is 5.26 Å². The van der Waals surface area contributed by atoms with E-state index >= 15 is 0 Å². The Bertz CT molecular complexity index is 788. The van der Waals surface area contributed by atoms with Crippen molar-refractivity contribution in [2.45, 2.75) is 51.2 Å². The Morgan fingerprint density at radius 3 is 2.48 bits per heavy atom. The van der Waals surface area contributed by atoms with Gasteiger partial charge in [-0.1, -0.05) is 18.2 Å². The second-order valence-electron chi connectivity index (χ2n) is 7.17. The van der Waals surface area contributed by atoms with E-state index in [0.29, 0.717) is 24.3 Å². The van der Waals surface area contributed by atoms with Gasteiger partial charge >= 0.3 is 0 Å². The molecular formula is C23H29N3O. The molecule has 0 atom stereocenters. The van der Waals surface area contributed by atoms with Crippen LogP contribution in [-0.4, -0.2) is 25.7 Å². The monoisotopic (exact) mass is 363 g/mol. The highest BCUT2D eigenvalue weighted by Crippen LogP contribution is 2.28. The molecule has 0 radical (unpaired) electrons. The van der Waals surface area contributed by atoms with Crippen LogP contribution in [0.15, 0.2) is 42.5 Å². The minimum absolute atomic E-state index is 0.564. The summed E-state index contributed by atoms with van der Waals surface area (Å²) in [6.07, 6.45) is 4.87. The number of hydrogen-bond acceptors (Lipinski definition) is 4. The van der Waals surface area contributed by atoms with Gasteiger partial charge in [-0.25, -0.2) is 0 Å². The molecule has 142 valence electrons. The number of benzene rings is 2. The fourth-order valence-corrected chi connectivity index (χ4v) is 3.80. The summed E-state index contributed by atoms with van der Waals surface area (Å²) in [7, 11) is 2.06. The Labute approximate surface area is 162 Å². The standard InChI is InChI=1S/C23H29N3O/c1-3-27-23-12-7-19(18-6-4-5-17(13-18)15-24)14-20(23)16-26-22-10-8-21(25-2)9-11-22/h4-7,12-14,21-22,25-26H,3,8-11,16H2,1-2H3. The first-order valence-electron chi connectivity index (χ1n) is 9.90. The third kappa shape index (κ3) is 5.09. The van der Waals surface area contributed by atoms with Gasteiger partial charge < -0.3 is 15.4 Å². The molecule has 0 spiro atoms. The van der Waals surface area contributed by atoms with E-state index in [1.54, 1.807) is 0 Å². The zero-order chi connectivity index (χ0) is 19.1. The average Bonchev–Trinajstić information content (AvgIpc) is 2.73. The summed E-state index contributed by atoms with van der Waals surface area (Å²) < 4.78 is 5.84. The Kier molecular flexibility index (Phi) is 6.86. The van der Waals surface area contributed by atoms with Gasteiger partial charge in [-0.15, -0.1) is 0 Å². The average molecular weight is 364 g/mol. The van der Waals surface area contributed by atoms with Gasteiger partial charge in [0.2, 0.25) is 0 Å². The van der Waals surface area contributed by atoms with Gasteiger partial charge in [0.25, 0.3) is 0 Å². The van der Waals surface area contributed by atoms with Crippen LogP contribution >= 0.6 is 0 Å². The fraction of sp³-hybridized carbons (Fsp3) is 0.435. The van der Waals surface area contributed by atoms with Crippen LogP contribution in [0.2, 0.25) is 0 Å². The van der Waals surface area contributed by atoms with Crippen molar-refractivity contribution in [2.24, 2.45) is 0 Å². The molecule has 4 nitrogen and oxygen atoms in total. The molecule has 1 saturated carbocycles. The minimum Gasteiger partial charge on any atom is -0.494 e. The van der Waals surface area contributed by atoms with Crippen molar-refractivity contribution < 1.29 is 4.74 Å². The van der Waals surface area contributed by atoms with Gasteiger partial charge in [0.05, 0.1) is 18.2 Å². The molecule has 4 heteroatoms. The van der Waals surface area contributed by atoms with Crippen LogP contribution in [0.5, 0.6) is 5.75 Å². The van der Waals surface area contributed by atoms with Crippen LogP contribution in [0.4, 0.5) is 0 Å². The van der Waals surface area contributed by atoms with E-state index < -0.39 is 0 Å². The smallest absolute Gasteiger partial charge is 0.123 e. The molecule has 0 aliphatic heterocycles.